The molecule has 0 heterocycles. The second-order valence-corrected chi connectivity index (χ2v) is 10.4. The van der Waals surface area contributed by atoms with Crippen LogP contribution in [0.5, 0.6) is 0 Å². The average Bonchev–Trinajstić information content (AvgIpc) is 2.77. The molecule has 1 unspecified atom stereocenters. The number of rotatable bonds is 27. The molecule has 0 saturated heterocycles. The average molecular weight is 475 g/mol. The number of thioether (sulfide) groups is 1. The van der Waals surface area contributed by atoms with Gasteiger partial charge in [0.2, 0.25) is 0 Å². The highest BCUT2D eigenvalue weighted by atomic mass is 32.2. The molecule has 0 saturated carbocycles. The molecule has 0 rings (SSSR count). The van der Waals surface area contributed by atoms with Crippen molar-refractivity contribution in [2.24, 2.45) is 0 Å². The molecule has 0 aliphatic carbocycles. The zero-order chi connectivity index (χ0) is 23.5. The molecule has 0 amide bonds. The summed E-state index contributed by atoms with van der Waals surface area (Å²) in [6.07, 6.45) is 27.1. The lowest BCUT2D eigenvalue weighted by Crippen LogP contribution is -2.19. The smallest absolute Gasteiger partial charge is 0.313 e. The first-order chi connectivity index (χ1) is 15.7. The maximum Gasteiger partial charge on any atom is 0.313 e. The van der Waals surface area contributed by atoms with Crippen LogP contribution in [0.25, 0.3) is 0 Å². The molecule has 0 radical (unpaired) electrons. The van der Waals surface area contributed by atoms with Crippen LogP contribution in [0.3, 0.4) is 0 Å². The Hall–Kier alpha value is -0.260. The summed E-state index contributed by atoms with van der Waals surface area (Å²) < 4.78 is 5.48. The van der Waals surface area contributed by atoms with Crippen LogP contribution >= 0.6 is 11.8 Å². The van der Waals surface area contributed by atoms with Crippen LogP contribution < -0.4 is 0 Å². The number of aliphatic carboxylic acids is 1. The number of aliphatic hydroxyl groups excluding tert-OH is 1. The Bertz CT molecular complexity index is 379. The van der Waals surface area contributed by atoms with Gasteiger partial charge in [-0.3, -0.25) is 4.79 Å². The molecule has 0 bridgehead atoms. The van der Waals surface area contributed by atoms with E-state index in [0.717, 1.165) is 6.42 Å². The van der Waals surface area contributed by atoms with Crippen LogP contribution in [0.15, 0.2) is 0 Å². The van der Waals surface area contributed by atoms with Crippen molar-refractivity contribution in [2.45, 2.75) is 141 Å². The normalized spacial score (nSPS) is 12.3. The largest absolute Gasteiger partial charge is 0.481 e. The second kappa shape index (κ2) is 27.0. The van der Waals surface area contributed by atoms with Crippen molar-refractivity contribution in [1.29, 1.82) is 0 Å². The fourth-order valence-corrected chi connectivity index (χ4v) is 4.67. The molecule has 0 aliphatic rings. The van der Waals surface area contributed by atoms with Gasteiger partial charge in [0.15, 0.2) is 0 Å². The Kier molecular flexibility index (Phi) is 26.8. The lowest BCUT2D eigenvalue weighted by Gasteiger charge is -2.10. The molecule has 0 spiro atoms. The topological polar surface area (TPSA) is 66.8 Å². The van der Waals surface area contributed by atoms with Gasteiger partial charge in [-0.25, -0.2) is 0 Å². The highest BCUT2D eigenvalue weighted by molar-refractivity contribution is 7.99. The number of hydrogen-bond donors (Lipinski definition) is 2. The quantitative estimate of drug-likeness (QED) is 0.118. The van der Waals surface area contributed by atoms with Crippen molar-refractivity contribution < 1.29 is 19.7 Å². The van der Waals surface area contributed by atoms with Gasteiger partial charge in [0.1, 0.15) is 0 Å². The van der Waals surface area contributed by atoms with E-state index in [-0.39, 0.29) is 5.75 Å². The summed E-state index contributed by atoms with van der Waals surface area (Å²) in [5.41, 5.74) is 0. The first-order valence-electron chi connectivity index (χ1n) is 13.7. The van der Waals surface area contributed by atoms with E-state index < -0.39 is 12.1 Å². The maximum atomic E-state index is 10.4. The number of carboxylic acids is 1. The van der Waals surface area contributed by atoms with Crippen molar-refractivity contribution in [2.75, 3.05) is 24.7 Å². The fourth-order valence-electron chi connectivity index (χ4n) is 4.01. The van der Waals surface area contributed by atoms with Crippen molar-refractivity contribution in [3.63, 3.8) is 0 Å². The maximum absolute atomic E-state index is 10.4. The van der Waals surface area contributed by atoms with Gasteiger partial charge in [-0.05, 0) is 6.42 Å². The number of aliphatic hydroxyl groups is 1. The summed E-state index contributed by atoms with van der Waals surface area (Å²) >= 11 is 1.23. The lowest BCUT2D eigenvalue weighted by molar-refractivity contribution is -0.133. The molecule has 1 atom stereocenters. The molecular formula is C27H54O4S. The third-order valence-electron chi connectivity index (χ3n) is 5.99. The molecule has 2 N–H and O–H groups in total. The van der Waals surface area contributed by atoms with Crippen molar-refractivity contribution >= 4 is 17.7 Å². The first-order valence-corrected chi connectivity index (χ1v) is 14.9. The SMILES string of the molecule is CCCCCCCCCCCCCCCCCCCCCCOCC(O)CSCC(=O)O. The van der Waals surface area contributed by atoms with Crippen molar-refractivity contribution in [3.05, 3.63) is 0 Å². The third kappa shape index (κ3) is 27.8. The minimum Gasteiger partial charge on any atom is -0.481 e. The van der Waals surface area contributed by atoms with E-state index in [1.165, 1.54) is 134 Å². The molecule has 0 aromatic heterocycles. The minimum absolute atomic E-state index is 0.0381. The summed E-state index contributed by atoms with van der Waals surface area (Å²) in [6.45, 7) is 3.29. The number of unbranched alkanes of at least 4 members (excludes halogenated alkanes) is 19. The van der Waals surface area contributed by atoms with Crippen LogP contribution in [0, 0.1) is 0 Å². The van der Waals surface area contributed by atoms with E-state index in [1.54, 1.807) is 0 Å². The van der Waals surface area contributed by atoms with E-state index in [1.807, 2.05) is 0 Å². The van der Waals surface area contributed by atoms with Crippen LogP contribution in [-0.2, 0) is 9.53 Å². The van der Waals surface area contributed by atoms with Crippen molar-refractivity contribution in [3.8, 4) is 0 Å². The Balaban J connectivity index is 3.08. The second-order valence-electron chi connectivity index (χ2n) is 9.36. The van der Waals surface area contributed by atoms with Gasteiger partial charge < -0.3 is 14.9 Å². The molecule has 0 aromatic carbocycles. The van der Waals surface area contributed by atoms with Gasteiger partial charge in [0.05, 0.1) is 18.5 Å². The molecule has 192 valence electrons. The molecule has 0 fully saturated rings. The highest BCUT2D eigenvalue weighted by Crippen LogP contribution is 2.15. The van der Waals surface area contributed by atoms with E-state index in [2.05, 4.69) is 6.92 Å². The first kappa shape index (κ1) is 31.7. The third-order valence-corrected chi connectivity index (χ3v) is 7.06. The summed E-state index contributed by atoms with van der Waals surface area (Å²) in [4.78, 5) is 10.4. The molecule has 5 heteroatoms. The minimum atomic E-state index is -0.840. The predicted molar refractivity (Wildman–Crippen MR) is 140 cm³/mol. The predicted octanol–water partition coefficient (Wildman–Crippen LogP) is 8.00. The van der Waals surface area contributed by atoms with Gasteiger partial charge in [0, 0.05) is 12.4 Å². The Labute approximate surface area is 203 Å². The molecule has 4 nitrogen and oxygen atoms in total. The van der Waals surface area contributed by atoms with E-state index in [0.29, 0.717) is 19.0 Å². The number of carboxylic acid groups (broad SMARTS) is 1. The van der Waals surface area contributed by atoms with Gasteiger partial charge in [-0.15, -0.1) is 11.8 Å². The van der Waals surface area contributed by atoms with Crippen LogP contribution in [-0.4, -0.2) is 47.0 Å². The summed E-state index contributed by atoms with van der Waals surface area (Å²) in [7, 11) is 0. The van der Waals surface area contributed by atoms with Gasteiger partial charge in [0.25, 0.3) is 0 Å². The van der Waals surface area contributed by atoms with E-state index in [9.17, 15) is 9.90 Å². The summed E-state index contributed by atoms with van der Waals surface area (Å²) in [5, 5.41) is 18.2. The Morgan fingerprint density at radius 2 is 1.06 bits per heavy atom. The van der Waals surface area contributed by atoms with Crippen LogP contribution in [0.1, 0.15) is 135 Å². The Morgan fingerprint density at radius 3 is 1.44 bits per heavy atom. The monoisotopic (exact) mass is 474 g/mol. The summed E-state index contributed by atoms with van der Waals surface area (Å²) in [6, 6.07) is 0. The molecule has 32 heavy (non-hydrogen) atoms. The highest BCUT2D eigenvalue weighted by Gasteiger charge is 2.06. The fraction of sp³-hybridized carbons (Fsp3) is 0.963. The number of ether oxygens (including phenoxy) is 1. The molecular weight excluding hydrogens is 420 g/mol. The molecule has 0 aromatic rings. The number of carbonyl (C=O) groups is 1. The van der Waals surface area contributed by atoms with E-state index >= 15 is 0 Å². The zero-order valence-corrected chi connectivity index (χ0v) is 22.0. The van der Waals surface area contributed by atoms with Crippen LogP contribution in [0.4, 0.5) is 0 Å². The van der Waals surface area contributed by atoms with Crippen molar-refractivity contribution in [1.82, 2.24) is 0 Å². The van der Waals surface area contributed by atoms with E-state index in [4.69, 9.17) is 9.84 Å². The standard InChI is InChI=1S/C27H54O4S/c1-2-3-4-5-6-7-8-9-10-11-12-13-14-15-16-17-18-19-20-21-22-31-23-26(28)24-32-25-27(29)30/h26,28H,2-25H2,1H3,(H,29,30). The lowest BCUT2D eigenvalue weighted by atomic mass is 10.0. The summed E-state index contributed by atoms with van der Waals surface area (Å²) in [5.74, 6) is -0.380. The Morgan fingerprint density at radius 1 is 0.688 bits per heavy atom. The van der Waals surface area contributed by atoms with Crippen LogP contribution in [0.2, 0.25) is 0 Å². The molecule has 0 aliphatic heterocycles. The number of hydrogen-bond acceptors (Lipinski definition) is 4. The van der Waals surface area contributed by atoms with Gasteiger partial charge >= 0.3 is 5.97 Å². The van der Waals surface area contributed by atoms with Gasteiger partial charge in [-0.1, -0.05) is 129 Å². The zero-order valence-electron chi connectivity index (χ0n) is 21.2. The van der Waals surface area contributed by atoms with Gasteiger partial charge in [-0.2, -0.15) is 0 Å².